The van der Waals surface area contributed by atoms with Gasteiger partial charge in [0, 0.05) is 18.7 Å². The van der Waals surface area contributed by atoms with Crippen molar-refractivity contribution in [2.24, 2.45) is 0 Å². The minimum atomic E-state index is -0.748. The molecule has 1 aromatic carbocycles. The van der Waals surface area contributed by atoms with Gasteiger partial charge in [0.15, 0.2) is 0 Å². The second-order valence-corrected chi connectivity index (χ2v) is 4.56. The van der Waals surface area contributed by atoms with Crippen molar-refractivity contribution in [3.05, 3.63) is 39.7 Å². The molecule has 0 N–H and O–H groups in total. The Hall–Kier alpha value is -2.02. The first-order chi connectivity index (χ1) is 9.54. The van der Waals surface area contributed by atoms with Crippen LogP contribution in [-0.4, -0.2) is 41.5 Å². The summed E-state index contributed by atoms with van der Waals surface area (Å²) in [6, 6.07) is 2.85. The molecule has 108 valence electrons. The van der Waals surface area contributed by atoms with Gasteiger partial charge in [0.2, 0.25) is 0 Å². The lowest BCUT2D eigenvalue weighted by molar-refractivity contribution is -0.384. The van der Waals surface area contributed by atoms with E-state index in [0.29, 0.717) is 26.2 Å². The van der Waals surface area contributed by atoms with E-state index in [-0.39, 0.29) is 17.3 Å². The molecule has 0 bridgehead atoms. The second kappa shape index (κ2) is 5.96. The zero-order chi connectivity index (χ0) is 14.7. The molecule has 20 heavy (non-hydrogen) atoms. The molecule has 1 unspecified atom stereocenters. The number of non-ortho nitro benzene ring substituents is 1. The third kappa shape index (κ3) is 2.77. The van der Waals surface area contributed by atoms with Crippen molar-refractivity contribution < 1.29 is 18.8 Å². The molecule has 0 aromatic heterocycles. The first kappa shape index (κ1) is 14.4. The molecule has 1 aliphatic rings. The lowest BCUT2D eigenvalue weighted by Gasteiger charge is -2.35. The highest BCUT2D eigenvalue weighted by Gasteiger charge is 2.29. The Kier molecular flexibility index (Phi) is 4.29. The predicted molar refractivity (Wildman–Crippen MR) is 69.0 cm³/mol. The van der Waals surface area contributed by atoms with Crippen LogP contribution in [0.1, 0.15) is 23.7 Å². The van der Waals surface area contributed by atoms with Crippen LogP contribution < -0.4 is 0 Å². The largest absolute Gasteiger partial charge is 0.377 e. The number of carbonyl (C=O) groups excluding carboxylic acids is 1. The number of nitro benzene ring substituents is 1. The molecule has 2 rings (SSSR count). The van der Waals surface area contributed by atoms with E-state index < -0.39 is 16.6 Å². The van der Waals surface area contributed by atoms with Crippen molar-refractivity contribution in [3.63, 3.8) is 0 Å². The number of ether oxygens (including phenoxy) is 1. The van der Waals surface area contributed by atoms with Gasteiger partial charge in [0.25, 0.3) is 11.6 Å². The molecular formula is C13H15FN2O4. The maximum Gasteiger partial charge on any atom is 0.270 e. The number of amides is 1. The molecule has 1 aromatic rings. The smallest absolute Gasteiger partial charge is 0.270 e. The number of nitro groups is 1. The van der Waals surface area contributed by atoms with Crippen LogP contribution in [0.5, 0.6) is 0 Å². The van der Waals surface area contributed by atoms with Crippen LogP contribution in [0, 0.1) is 15.9 Å². The summed E-state index contributed by atoms with van der Waals surface area (Å²) in [6.07, 6.45) is 0.683. The van der Waals surface area contributed by atoms with Gasteiger partial charge < -0.3 is 9.64 Å². The molecule has 0 spiro atoms. The molecule has 6 nitrogen and oxygen atoms in total. The third-order valence-electron chi connectivity index (χ3n) is 3.35. The van der Waals surface area contributed by atoms with Gasteiger partial charge in [-0.05, 0) is 12.5 Å². The van der Waals surface area contributed by atoms with Crippen molar-refractivity contribution in [1.82, 2.24) is 4.90 Å². The van der Waals surface area contributed by atoms with Crippen LogP contribution in [0.25, 0.3) is 0 Å². The SMILES string of the molecule is CCC1COCCN1C(=O)c1cc([N+](=O)[O-])ccc1F. The number of hydrogen-bond donors (Lipinski definition) is 0. The average Bonchev–Trinajstić information content (AvgIpc) is 2.46. The fourth-order valence-corrected chi connectivity index (χ4v) is 2.21. The molecule has 1 heterocycles. The molecule has 0 aliphatic carbocycles. The normalized spacial score (nSPS) is 18.9. The topological polar surface area (TPSA) is 72.7 Å². The van der Waals surface area contributed by atoms with Gasteiger partial charge >= 0.3 is 0 Å². The van der Waals surface area contributed by atoms with Crippen molar-refractivity contribution in [2.75, 3.05) is 19.8 Å². The number of halogens is 1. The van der Waals surface area contributed by atoms with Gasteiger partial charge in [-0.2, -0.15) is 0 Å². The summed E-state index contributed by atoms with van der Waals surface area (Å²) in [4.78, 5) is 24.0. The first-order valence-electron chi connectivity index (χ1n) is 6.37. The first-order valence-corrected chi connectivity index (χ1v) is 6.37. The highest BCUT2D eigenvalue weighted by atomic mass is 19.1. The Morgan fingerprint density at radius 3 is 3.00 bits per heavy atom. The van der Waals surface area contributed by atoms with E-state index in [4.69, 9.17) is 4.74 Å². The number of benzene rings is 1. The van der Waals surface area contributed by atoms with Gasteiger partial charge in [-0.15, -0.1) is 0 Å². The molecule has 1 aliphatic heterocycles. The van der Waals surface area contributed by atoms with Gasteiger partial charge in [-0.3, -0.25) is 14.9 Å². The Balaban J connectivity index is 2.32. The van der Waals surface area contributed by atoms with E-state index in [0.717, 1.165) is 18.2 Å². The second-order valence-electron chi connectivity index (χ2n) is 4.56. The van der Waals surface area contributed by atoms with E-state index >= 15 is 0 Å². The molecule has 1 amide bonds. The maximum atomic E-state index is 13.8. The van der Waals surface area contributed by atoms with Gasteiger partial charge in [-0.1, -0.05) is 6.92 Å². The Morgan fingerprint density at radius 1 is 1.60 bits per heavy atom. The third-order valence-corrected chi connectivity index (χ3v) is 3.35. The van der Waals surface area contributed by atoms with Crippen LogP contribution >= 0.6 is 0 Å². The van der Waals surface area contributed by atoms with E-state index in [9.17, 15) is 19.3 Å². The Labute approximate surface area is 115 Å². The summed E-state index contributed by atoms with van der Waals surface area (Å²) in [7, 11) is 0. The van der Waals surface area contributed by atoms with E-state index in [1.165, 1.54) is 4.90 Å². The van der Waals surface area contributed by atoms with Crippen LogP contribution in [0.15, 0.2) is 18.2 Å². The number of carbonyl (C=O) groups is 1. The molecule has 0 radical (unpaired) electrons. The highest BCUT2D eigenvalue weighted by molar-refractivity contribution is 5.95. The molecule has 1 fully saturated rings. The van der Waals surface area contributed by atoms with E-state index in [2.05, 4.69) is 0 Å². The number of morpholine rings is 1. The summed E-state index contributed by atoms with van der Waals surface area (Å²) in [5, 5.41) is 10.7. The van der Waals surface area contributed by atoms with E-state index in [1.54, 1.807) is 0 Å². The van der Waals surface area contributed by atoms with E-state index in [1.807, 2.05) is 6.92 Å². The van der Waals surface area contributed by atoms with Gasteiger partial charge in [0.05, 0.1) is 29.7 Å². The molecular weight excluding hydrogens is 267 g/mol. The van der Waals surface area contributed by atoms with Crippen molar-refractivity contribution >= 4 is 11.6 Å². The summed E-state index contributed by atoms with van der Waals surface area (Å²) < 4.78 is 19.1. The molecule has 1 saturated heterocycles. The highest BCUT2D eigenvalue weighted by Crippen LogP contribution is 2.21. The van der Waals surface area contributed by atoms with Crippen molar-refractivity contribution in [1.29, 1.82) is 0 Å². The number of rotatable bonds is 3. The fourth-order valence-electron chi connectivity index (χ4n) is 2.21. The maximum absolute atomic E-state index is 13.8. The lowest BCUT2D eigenvalue weighted by Crippen LogP contribution is -2.48. The fraction of sp³-hybridized carbons (Fsp3) is 0.462. The molecule has 0 saturated carbocycles. The molecule has 7 heteroatoms. The lowest BCUT2D eigenvalue weighted by atomic mass is 10.1. The number of nitrogens with zero attached hydrogens (tertiary/aromatic N) is 2. The summed E-state index contributed by atoms with van der Waals surface area (Å²) in [5.41, 5.74) is -0.560. The number of hydrogen-bond acceptors (Lipinski definition) is 4. The van der Waals surface area contributed by atoms with Crippen LogP contribution in [0.3, 0.4) is 0 Å². The summed E-state index contributed by atoms with van der Waals surface area (Å²) in [5.74, 6) is -1.27. The monoisotopic (exact) mass is 282 g/mol. The minimum absolute atomic E-state index is 0.130. The summed E-state index contributed by atoms with van der Waals surface area (Å²) in [6.45, 7) is 3.06. The summed E-state index contributed by atoms with van der Waals surface area (Å²) >= 11 is 0. The zero-order valence-corrected chi connectivity index (χ0v) is 11.0. The minimum Gasteiger partial charge on any atom is -0.377 e. The quantitative estimate of drug-likeness (QED) is 0.627. The predicted octanol–water partition coefficient (Wildman–Crippen LogP) is 1.98. The Bertz CT molecular complexity index is 535. The van der Waals surface area contributed by atoms with Crippen LogP contribution in [0.2, 0.25) is 0 Å². The standard InChI is InChI=1S/C13H15FN2O4/c1-2-9-8-20-6-5-15(9)13(17)11-7-10(16(18)19)3-4-12(11)14/h3-4,7,9H,2,5-6,8H2,1H3. The van der Waals surface area contributed by atoms with Crippen molar-refractivity contribution in [3.8, 4) is 0 Å². The van der Waals surface area contributed by atoms with Gasteiger partial charge in [0.1, 0.15) is 5.82 Å². The van der Waals surface area contributed by atoms with Gasteiger partial charge in [-0.25, -0.2) is 4.39 Å². The average molecular weight is 282 g/mol. The van der Waals surface area contributed by atoms with Crippen molar-refractivity contribution in [2.45, 2.75) is 19.4 Å². The van der Waals surface area contributed by atoms with Crippen LogP contribution in [0.4, 0.5) is 10.1 Å². The zero-order valence-electron chi connectivity index (χ0n) is 11.0. The molecule has 1 atom stereocenters. The van der Waals surface area contributed by atoms with Crippen LogP contribution in [-0.2, 0) is 4.74 Å². The Morgan fingerprint density at radius 2 is 2.35 bits per heavy atom.